The first kappa shape index (κ1) is 12.3. The summed E-state index contributed by atoms with van der Waals surface area (Å²) in [6, 6.07) is 6.25. The first-order valence-electron chi connectivity index (χ1n) is 5.36. The summed E-state index contributed by atoms with van der Waals surface area (Å²) in [5, 5.41) is 9.37. The molecule has 5 nitrogen and oxygen atoms in total. The highest BCUT2D eigenvalue weighted by molar-refractivity contribution is 7.89. The Morgan fingerprint density at radius 2 is 2.00 bits per heavy atom. The minimum atomic E-state index is -3.48. The number of hydrogen-bond donors (Lipinski definition) is 1. The van der Waals surface area contributed by atoms with E-state index in [2.05, 4.69) is 0 Å². The second-order valence-corrected chi connectivity index (χ2v) is 5.92. The molecule has 2 rings (SSSR count). The average Bonchev–Trinajstić information content (AvgIpc) is 2.77. The first-order chi connectivity index (χ1) is 8.04. The van der Waals surface area contributed by atoms with Crippen LogP contribution in [-0.2, 0) is 10.0 Å². The number of β-amino-alcohol motifs (C(OH)–C–C–N with tert-alkyl or cyclic N) is 1. The van der Waals surface area contributed by atoms with Gasteiger partial charge in [-0.1, -0.05) is 0 Å². The third-order valence-corrected chi connectivity index (χ3v) is 4.70. The number of hydrogen-bond acceptors (Lipinski definition) is 4. The zero-order chi connectivity index (χ0) is 12.5. The fourth-order valence-electron chi connectivity index (χ4n) is 1.83. The number of aliphatic hydroxyl groups excluding tert-OH is 1. The van der Waals surface area contributed by atoms with E-state index in [4.69, 9.17) is 4.74 Å². The third-order valence-electron chi connectivity index (χ3n) is 2.82. The van der Waals surface area contributed by atoms with Crippen LogP contribution in [0.3, 0.4) is 0 Å². The molecule has 0 bridgehead atoms. The van der Waals surface area contributed by atoms with E-state index in [9.17, 15) is 13.5 Å². The lowest BCUT2D eigenvalue weighted by molar-refractivity contribution is 0.189. The van der Waals surface area contributed by atoms with Crippen LogP contribution in [0.5, 0.6) is 5.75 Å². The molecule has 0 spiro atoms. The number of sulfonamides is 1. The van der Waals surface area contributed by atoms with Gasteiger partial charge in [-0.3, -0.25) is 0 Å². The summed E-state index contributed by atoms with van der Waals surface area (Å²) in [6.45, 7) is 0.546. The van der Waals surface area contributed by atoms with E-state index in [1.807, 2.05) is 0 Å². The molecule has 1 aliphatic heterocycles. The van der Waals surface area contributed by atoms with E-state index < -0.39 is 16.1 Å². The maximum Gasteiger partial charge on any atom is 0.243 e. The molecule has 17 heavy (non-hydrogen) atoms. The van der Waals surface area contributed by atoms with Gasteiger partial charge >= 0.3 is 0 Å². The van der Waals surface area contributed by atoms with Crippen molar-refractivity contribution in [3.05, 3.63) is 24.3 Å². The number of methoxy groups -OCH3 is 1. The summed E-state index contributed by atoms with van der Waals surface area (Å²) in [4.78, 5) is 0.229. The zero-order valence-corrected chi connectivity index (χ0v) is 10.4. The molecule has 0 saturated carbocycles. The highest BCUT2D eigenvalue weighted by Gasteiger charge is 2.31. The van der Waals surface area contributed by atoms with Gasteiger partial charge in [-0.15, -0.1) is 0 Å². The number of ether oxygens (including phenoxy) is 1. The average molecular weight is 257 g/mol. The van der Waals surface area contributed by atoms with Crippen molar-refractivity contribution in [2.24, 2.45) is 0 Å². The quantitative estimate of drug-likeness (QED) is 0.853. The molecule has 1 aromatic rings. The van der Waals surface area contributed by atoms with Gasteiger partial charge in [0.1, 0.15) is 5.75 Å². The molecule has 1 saturated heterocycles. The fraction of sp³-hybridized carbons (Fsp3) is 0.455. The topological polar surface area (TPSA) is 66.8 Å². The van der Waals surface area contributed by atoms with Gasteiger partial charge in [0.05, 0.1) is 18.1 Å². The smallest absolute Gasteiger partial charge is 0.243 e. The molecular weight excluding hydrogens is 242 g/mol. The fourth-order valence-corrected chi connectivity index (χ4v) is 3.32. The molecule has 1 heterocycles. The summed E-state index contributed by atoms with van der Waals surface area (Å²) in [5.41, 5.74) is 0. The molecule has 1 atom stereocenters. The van der Waals surface area contributed by atoms with Crippen LogP contribution in [0.1, 0.15) is 6.42 Å². The maximum absolute atomic E-state index is 12.2. The van der Waals surface area contributed by atoms with Crippen molar-refractivity contribution < 1.29 is 18.3 Å². The van der Waals surface area contributed by atoms with Crippen LogP contribution in [0, 0.1) is 0 Å². The van der Waals surface area contributed by atoms with Crippen molar-refractivity contribution in [2.75, 3.05) is 20.2 Å². The number of aliphatic hydroxyl groups is 1. The summed E-state index contributed by atoms with van der Waals surface area (Å²) in [5.74, 6) is 0.616. The lowest BCUT2D eigenvalue weighted by Crippen LogP contribution is -2.29. The number of rotatable bonds is 3. The Morgan fingerprint density at radius 3 is 2.47 bits per heavy atom. The van der Waals surface area contributed by atoms with Crippen LogP contribution in [0.4, 0.5) is 0 Å². The van der Waals surface area contributed by atoms with Gasteiger partial charge in [0.2, 0.25) is 10.0 Å². The molecule has 6 heteroatoms. The minimum absolute atomic E-state index is 0.175. The first-order valence-corrected chi connectivity index (χ1v) is 6.80. The molecule has 94 valence electrons. The van der Waals surface area contributed by atoms with Crippen LogP contribution < -0.4 is 4.74 Å². The molecule has 0 radical (unpaired) electrons. The van der Waals surface area contributed by atoms with Gasteiger partial charge in [0.15, 0.2) is 0 Å². The van der Waals surface area contributed by atoms with Crippen LogP contribution in [0.25, 0.3) is 0 Å². The Bertz CT molecular complexity index is 483. The van der Waals surface area contributed by atoms with Crippen LogP contribution >= 0.6 is 0 Å². The summed E-state index contributed by atoms with van der Waals surface area (Å²) >= 11 is 0. The van der Waals surface area contributed by atoms with Crippen LogP contribution in [0.15, 0.2) is 29.2 Å². The SMILES string of the molecule is COc1ccc(S(=O)(=O)N2CC[C@H](O)C2)cc1. The Hall–Kier alpha value is -1.11. The predicted molar refractivity (Wildman–Crippen MR) is 62.4 cm³/mol. The molecule has 1 N–H and O–H groups in total. The van der Waals surface area contributed by atoms with E-state index in [0.29, 0.717) is 18.7 Å². The van der Waals surface area contributed by atoms with E-state index in [0.717, 1.165) is 0 Å². The summed E-state index contributed by atoms with van der Waals surface area (Å²) in [7, 11) is -1.95. The molecular formula is C11H15NO4S. The van der Waals surface area contributed by atoms with Gasteiger partial charge in [0.25, 0.3) is 0 Å². The molecule has 0 aliphatic carbocycles. The van der Waals surface area contributed by atoms with Crippen molar-refractivity contribution >= 4 is 10.0 Å². The lowest BCUT2D eigenvalue weighted by Gasteiger charge is -2.15. The highest BCUT2D eigenvalue weighted by atomic mass is 32.2. The monoisotopic (exact) mass is 257 g/mol. The molecule has 0 amide bonds. The van der Waals surface area contributed by atoms with Crippen LogP contribution in [0.2, 0.25) is 0 Å². The van der Waals surface area contributed by atoms with E-state index >= 15 is 0 Å². The van der Waals surface area contributed by atoms with Gasteiger partial charge in [0, 0.05) is 13.1 Å². The van der Waals surface area contributed by atoms with Crippen molar-refractivity contribution in [3.8, 4) is 5.75 Å². The zero-order valence-electron chi connectivity index (χ0n) is 9.54. The Kier molecular flexibility index (Phi) is 3.37. The van der Waals surface area contributed by atoms with Crippen molar-refractivity contribution in [2.45, 2.75) is 17.4 Å². The van der Waals surface area contributed by atoms with E-state index in [-0.39, 0.29) is 11.4 Å². The normalized spacial score (nSPS) is 21.6. The van der Waals surface area contributed by atoms with Gasteiger partial charge in [-0.25, -0.2) is 8.42 Å². The predicted octanol–water partition coefficient (Wildman–Crippen LogP) is 0.450. The second-order valence-electron chi connectivity index (χ2n) is 3.98. The van der Waals surface area contributed by atoms with E-state index in [1.54, 1.807) is 12.1 Å². The molecule has 0 aromatic heterocycles. The third kappa shape index (κ3) is 2.43. The molecule has 1 fully saturated rings. The second kappa shape index (κ2) is 4.64. The van der Waals surface area contributed by atoms with Gasteiger partial charge in [-0.05, 0) is 30.7 Å². The Labute approximate surface area is 101 Å². The minimum Gasteiger partial charge on any atom is -0.497 e. The van der Waals surface area contributed by atoms with Gasteiger partial charge < -0.3 is 9.84 Å². The van der Waals surface area contributed by atoms with Crippen molar-refractivity contribution in [1.82, 2.24) is 4.31 Å². The Balaban J connectivity index is 2.25. The summed E-state index contributed by atoms with van der Waals surface area (Å²) < 4.78 is 30.6. The maximum atomic E-state index is 12.2. The number of nitrogens with zero attached hydrogens (tertiary/aromatic N) is 1. The lowest BCUT2D eigenvalue weighted by atomic mass is 10.3. The van der Waals surface area contributed by atoms with Crippen molar-refractivity contribution in [1.29, 1.82) is 0 Å². The molecule has 0 unspecified atom stereocenters. The summed E-state index contributed by atoms with van der Waals surface area (Å²) in [6.07, 6.45) is -0.0573. The Morgan fingerprint density at radius 1 is 1.35 bits per heavy atom. The standard InChI is InChI=1S/C11H15NO4S/c1-16-10-2-4-11(5-3-10)17(14,15)12-7-6-9(13)8-12/h2-5,9,13H,6-8H2,1H3/t9-/m0/s1. The van der Waals surface area contributed by atoms with Crippen molar-refractivity contribution in [3.63, 3.8) is 0 Å². The molecule has 1 aromatic carbocycles. The number of benzene rings is 1. The highest BCUT2D eigenvalue weighted by Crippen LogP contribution is 2.22. The van der Waals surface area contributed by atoms with Crippen LogP contribution in [-0.4, -0.2) is 44.1 Å². The van der Waals surface area contributed by atoms with E-state index in [1.165, 1.54) is 23.5 Å². The van der Waals surface area contributed by atoms with Gasteiger partial charge in [-0.2, -0.15) is 4.31 Å². The largest absolute Gasteiger partial charge is 0.497 e. The molecule has 1 aliphatic rings.